The van der Waals surface area contributed by atoms with E-state index in [4.69, 9.17) is 5.11 Å². The molecule has 2 N–H and O–H groups in total. The largest absolute Gasteiger partial charge is 0.396 e. The average Bonchev–Trinajstić information content (AvgIpc) is 2.62. The van der Waals surface area contributed by atoms with Gasteiger partial charge in [-0.25, -0.2) is 9.67 Å². The van der Waals surface area contributed by atoms with Crippen LogP contribution in [-0.2, 0) is 13.1 Å². The minimum Gasteiger partial charge on any atom is -0.396 e. The number of aliphatic hydroxyl groups is 1. The van der Waals surface area contributed by atoms with E-state index in [1.807, 2.05) is 11.6 Å². The molecule has 1 heterocycles. The van der Waals surface area contributed by atoms with Crippen LogP contribution in [0.25, 0.3) is 0 Å². The summed E-state index contributed by atoms with van der Waals surface area (Å²) < 4.78 is 1.86. The highest BCUT2D eigenvalue weighted by Gasteiger charge is 2.16. The lowest BCUT2D eigenvalue weighted by Crippen LogP contribution is -2.40. The van der Waals surface area contributed by atoms with Crippen molar-refractivity contribution in [3.05, 3.63) is 12.2 Å². The summed E-state index contributed by atoms with van der Waals surface area (Å²) in [5.74, 6) is 0.934. The first kappa shape index (κ1) is 12.1. The normalized spacial score (nSPS) is 12.0. The Morgan fingerprint density at radius 3 is 2.87 bits per heavy atom. The molecule has 0 aliphatic heterocycles. The Morgan fingerprint density at radius 2 is 2.27 bits per heavy atom. The van der Waals surface area contributed by atoms with E-state index in [1.165, 1.54) is 0 Å². The molecule has 0 aliphatic rings. The number of hydrogen-bond donors (Lipinski definition) is 2. The van der Waals surface area contributed by atoms with E-state index >= 15 is 0 Å². The third kappa shape index (κ3) is 3.60. The second-order valence-electron chi connectivity index (χ2n) is 4.20. The third-order valence-corrected chi connectivity index (χ3v) is 2.46. The maximum Gasteiger partial charge on any atom is 0.140 e. The molecule has 0 spiro atoms. The van der Waals surface area contributed by atoms with Crippen LogP contribution in [0.1, 0.15) is 33.0 Å². The van der Waals surface area contributed by atoms with Crippen molar-refractivity contribution in [1.29, 1.82) is 0 Å². The van der Waals surface area contributed by atoms with Crippen molar-refractivity contribution in [2.24, 2.45) is 0 Å². The minimum absolute atomic E-state index is 0.0702. The Bertz CT molecular complexity index is 295. The summed E-state index contributed by atoms with van der Waals surface area (Å²) in [5.41, 5.74) is -0.0702. The van der Waals surface area contributed by atoms with Gasteiger partial charge in [0, 0.05) is 18.7 Å². The predicted octanol–water partition coefficient (Wildman–Crippen LogP) is 0.549. The number of rotatable bonds is 6. The van der Waals surface area contributed by atoms with Gasteiger partial charge in [0.15, 0.2) is 0 Å². The molecule has 0 saturated carbocycles. The number of aliphatic hydroxyl groups excluding tert-OH is 1. The molecule has 1 rings (SSSR count). The Kier molecular flexibility index (Phi) is 4.23. The second kappa shape index (κ2) is 5.23. The number of aromatic nitrogens is 3. The quantitative estimate of drug-likeness (QED) is 0.723. The van der Waals surface area contributed by atoms with Gasteiger partial charge in [0.05, 0.1) is 6.54 Å². The number of nitrogens with one attached hydrogen (secondary N) is 1. The fourth-order valence-corrected chi connectivity index (χ4v) is 1.38. The summed E-state index contributed by atoms with van der Waals surface area (Å²) in [5, 5.41) is 16.3. The van der Waals surface area contributed by atoms with Crippen LogP contribution >= 0.6 is 0 Å². The van der Waals surface area contributed by atoms with Gasteiger partial charge in [0.2, 0.25) is 0 Å². The summed E-state index contributed by atoms with van der Waals surface area (Å²) >= 11 is 0. The minimum atomic E-state index is -0.0702. The Hall–Kier alpha value is -0.940. The van der Waals surface area contributed by atoms with E-state index in [0.29, 0.717) is 6.54 Å². The number of hydrogen-bond acceptors (Lipinski definition) is 4. The predicted molar refractivity (Wildman–Crippen MR) is 58.3 cm³/mol. The lowest BCUT2D eigenvalue weighted by Gasteiger charge is -2.25. The van der Waals surface area contributed by atoms with Gasteiger partial charge < -0.3 is 10.4 Å². The first-order valence-electron chi connectivity index (χ1n) is 5.31. The van der Waals surface area contributed by atoms with Crippen molar-refractivity contribution in [2.45, 2.75) is 45.8 Å². The molecule has 0 radical (unpaired) electrons. The molecule has 0 unspecified atom stereocenters. The van der Waals surface area contributed by atoms with Crippen molar-refractivity contribution in [2.75, 3.05) is 6.61 Å². The van der Waals surface area contributed by atoms with Crippen molar-refractivity contribution in [3.63, 3.8) is 0 Å². The van der Waals surface area contributed by atoms with Crippen LogP contribution in [0.5, 0.6) is 0 Å². The molecular formula is C10H20N4O. The van der Waals surface area contributed by atoms with Crippen molar-refractivity contribution in [1.82, 2.24) is 20.1 Å². The van der Waals surface area contributed by atoms with Gasteiger partial charge in [-0.3, -0.25) is 0 Å². The van der Waals surface area contributed by atoms with Crippen LogP contribution in [0.2, 0.25) is 0 Å². The van der Waals surface area contributed by atoms with Gasteiger partial charge in [0.1, 0.15) is 12.2 Å². The van der Waals surface area contributed by atoms with Gasteiger partial charge in [-0.05, 0) is 27.2 Å². The van der Waals surface area contributed by atoms with Gasteiger partial charge >= 0.3 is 0 Å². The number of nitrogens with zero attached hydrogens (tertiary/aromatic N) is 3. The zero-order chi connectivity index (χ0) is 11.3. The Balaban J connectivity index is 2.49. The average molecular weight is 212 g/mol. The van der Waals surface area contributed by atoms with Crippen LogP contribution in [0.15, 0.2) is 6.33 Å². The van der Waals surface area contributed by atoms with E-state index < -0.39 is 0 Å². The van der Waals surface area contributed by atoms with Gasteiger partial charge in [0.25, 0.3) is 0 Å². The summed E-state index contributed by atoms with van der Waals surface area (Å²) in [6.07, 6.45) is 2.30. The highest BCUT2D eigenvalue weighted by molar-refractivity contribution is 4.87. The van der Waals surface area contributed by atoms with Gasteiger partial charge in [-0.1, -0.05) is 0 Å². The zero-order valence-electron chi connectivity index (χ0n) is 9.69. The number of aryl methyl sites for hydroxylation is 1. The smallest absolute Gasteiger partial charge is 0.140 e. The summed E-state index contributed by atoms with van der Waals surface area (Å²) in [4.78, 5) is 4.18. The first-order chi connectivity index (χ1) is 7.09. The standard InChI is InChI=1S/C10H20N4O/c1-4-14-9(11-8-13-14)7-12-10(2,3)5-6-15/h8,12,15H,4-7H2,1-3H3. The van der Waals surface area contributed by atoms with E-state index in [9.17, 15) is 0 Å². The maximum atomic E-state index is 8.89. The molecule has 0 bridgehead atoms. The molecular weight excluding hydrogens is 192 g/mol. The fourth-order valence-electron chi connectivity index (χ4n) is 1.38. The second-order valence-corrected chi connectivity index (χ2v) is 4.20. The van der Waals surface area contributed by atoms with Gasteiger partial charge in [-0.15, -0.1) is 0 Å². The summed E-state index contributed by atoms with van der Waals surface area (Å²) in [6, 6.07) is 0. The zero-order valence-corrected chi connectivity index (χ0v) is 9.69. The lowest BCUT2D eigenvalue weighted by molar-refractivity contribution is 0.228. The van der Waals surface area contributed by atoms with Crippen molar-refractivity contribution < 1.29 is 5.11 Å². The Morgan fingerprint density at radius 1 is 1.53 bits per heavy atom. The Labute approximate surface area is 90.5 Å². The van der Waals surface area contributed by atoms with Crippen LogP contribution < -0.4 is 5.32 Å². The third-order valence-electron chi connectivity index (χ3n) is 2.46. The lowest BCUT2D eigenvalue weighted by atomic mass is 10.0. The van der Waals surface area contributed by atoms with E-state index in [2.05, 4.69) is 29.2 Å². The molecule has 1 aromatic rings. The topological polar surface area (TPSA) is 63.0 Å². The summed E-state index contributed by atoms with van der Waals surface area (Å²) in [6.45, 7) is 7.88. The summed E-state index contributed by atoms with van der Waals surface area (Å²) in [7, 11) is 0. The molecule has 15 heavy (non-hydrogen) atoms. The van der Waals surface area contributed by atoms with E-state index in [-0.39, 0.29) is 12.1 Å². The molecule has 86 valence electrons. The van der Waals surface area contributed by atoms with Crippen molar-refractivity contribution >= 4 is 0 Å². The monoisotopic (exact) mass is 212 g/mol. The SMILES string of the molecule is CCn1ncnc1CNC(C)(C)CCO. The molecule has 0 amide bonds. The van der Waals surface area contributed by atoms with Crippen LogP contribution in [0, 0.1) is 0 Å². The van der Waals surface area contributed by atoms with E-state index in [0.717, 1.165) is 18.8 Å². The molecule has 0 aliphatic carbocycles. The van der Waals surface area contributed by atoms with Crippen LogP contribution in [0.3, 0.4) is 0 Å². The maximum absolute atomic E-state index is 8.89. The fraction of sp³-hybridized carbons (Fsp3) is 0.800. The first-order valence-corrected chi connectivity index (χ1v) is 5.31. The highest BCUT2D eigenvalue weighted by Crippen LogP contribution is 2.08. The molecule has 1 aromatic heterocycles. The molecule has 0 saturated heterocycles. The molecule has 0 fully saturated rings. The van der Waals surface area contributed by atoms with E-state index in [1.54, 1.807) is 6.33 Å². The van der Waals surface area contributed by atoms with Crippen LogP contribution in [-0.4, -0.2) is 32.0 Å². The van der Waals surface area contributed by atoms with Gasteiger partial charge in [-0.2, -0.15) is 5.10 Å². The van der Waals surface area contributed by atoms with Crippen molar-refractivity contribution in [3.8, 4) is 0 Å². The highest BCUT2D eigenvalue weighted by atomic mass is 16.3. The molecule has 5 nitrogen and oxygen atoms in total. The molecule has 0 aromatic carbocycles. The molecule has 5 heteroatoms. The molecule has 0 atom stereocenters. The van der Waals surface area contributed by atoms with Crippen LogP contribution in [0.4, 0.5) is 0 Å².